The summed E-state index contributed by atoms with van der Waals surface area (Å²) in [5, 5.41) is 5.70. The third-order valence-corrected chi connectivity index (χ3v) is 4.93. The number of benzene rings is 1. The van der Waals surface area contributed by atoms with Crippen LogP contribution in [-0.2, 0) is 27.1 Å². The number of fused-ring (bicyclic) bond motifs is 1. The van der Waals surface area contributed by atoms with E-state index >= 15 is 0 Å². The highest BCUT2D eigenvalue weighted by atomic mass is 16.5. The molecule has 2 N–H and O–H groups in total. The molecule has 0 bridgehead atoms. The Morgan fingerprint density at radius 3 is 2.77 bits per heavy atom. The highest BCUT2D eigenvalue weighted by Crippen LogP contribution is 2.32. The Kier molecular flexibility index (Phi) is 6.28. The van der Waals surface area contributed by atoms with Crippen molar-refractivity contribution in [2.45, 2.75) is 57.2 Å². The van der Waals surface area contributed by atoms with Crippen molar-refractivity contribution in [3.05, 3.63) is 57.5 Å². The summed E-state index contributed by atoms with van der Waals surface area (Å²) >= 11 is 0. The van der Waals surface area contributed by atoms with Gasteiger partial charge in [-0.25, -0.2) is 0 Å². The van der Waals surface area contributed by atoms with Crippen LogP contribution < -0.4 is 5.56 Å². The van der Waals surface area contributed by atoms with Crippen LogP contribution in [0.1, 0.15) is 55.0 Å². The zero-order valence-corrected chi connectivity index (χ0v) is 15.1. The lowest BCUT2D eigenvalue weighted by atomic mass is 9.94. The van der Waals surface area contributed by atoms with Crippen LogP contribution >= 0.6 is 0 Å². The molecule has 1 aliphatic rings. The highest BCUT2D eigenvalue weighted by molar-refractivity contribution is 5.68. The Hall–Kier alpha value is -2.34. The summed E-state index contributed by atoms with van der Waals surface area (Å²) in [4.78, 5) is 23.3. The first kappa shape index (κ1) is 18.5. The van der Waals surface area contributed by atoms with Crippen LogP contribution in [0.3, 0.4) is 0 Å². The van der Waals surface area contributed by atoms with Crippen molar-refractivity contribution in [1.29, 1.82) is 0 Å². The number of esters is 1. The average Bonchev–Trinajstić information content (AvgIpc) is 3.05. The monoisotopic (exact) mass is 358 g/mol. The number of hydrogen-bond donors (Lipinski definition) is 2. The predicted octanol–water partition coefficient (Wildman–Crippen LogP) is 3.05. The quantitative estimate of drug-likeness (QED) is 0.561. The molecule has 0 unspecified atom stereocenters. The lowest BCUT2D eigenvalue weighted by Gasteiger charge is -2.29. The largest absolute Gasteiger partial charge is 0.469 e. The normalized spacial score (nSPS) is 19.1. The van der Waals surface area contributed by atoms with Crippen molar-refractivity contribution >= 4 is 5.97 Å². The first-order chi connectivity index (χ1) is 12.7. The van der Waals surface area contributed by atoms with Crippen LogP contribution in [0.25, 0.3) is 0 Å². The molecular formula is C20H26N2O4. The van der Waals surface area contributed by atoms with Crippen LogP contribution in [0, 0.1) is 0 Å². The van der Waals surface area contributed by atoms with E-state index in [-0.39, 0.29) is 23.7 Å². The Bertz CT molecular complexity index is 766. The molecule has 140 valence electrons. The Labute approximate surface area is 152 Å². The number of H-pyrrole nitrogens is 2. The molecule has 0 aliphatic carbocycles. The van der Waals surface area contributed by atoms with E-state index in [0.29, 0.717) is 6.42 Å². The molecule has 6 nitrogen and oxygen atoms in total. The molecule has 3 rings (SSSR count). The van der Waals surface area contributed by atoms with Gasteiger partial charge in [-0.2, -0.15) is 0 Å². The molecule has 6 heteroatoms. The molecule has 0 saturated carbocycles. The number of aromatic amines is 2. The van der Waals surface area contributed by atoms with Gasteiger partial charge in [0.15, 0.2) is 0 Å². The second-order valence-corrected chi connectivity index (χ2v) is 6.77. The maximum Gasteiger partial charge on any atom is 0.305 e. The fraction of sp³-hybridized carbons (Fsp3) is 0.500. The summed E-state index contributed by atoms with van der Waals surface area (Å²) in [5.74, 6) is -0.199. The van der Waals surface area contributed by atoms with Gasteiger partial charge in [0.25, 0.3) is 5.56 Å². The van der Waals surface area contributed by atoms with E-state index in [9.17, 15) is 9.59 Å². The second-order valence-electron chi connectivity index (χ2n) is 6.77. The molecule has 26 heavy (non-hydrogen) atoms. The van der Waals surface area contributed by atoms with Gasteiger partial charge in [0.05, 0.1) is 24.9 Å². The topological polar surface area (TPSA) is 84.2 Å². The van der Waals surface area contributed by atoms with E-state index < -0.39 is 0 Å². The first-order valence-electron chi connectivity index (χ1n) is 9.23. The molecule has 1 aliphatic heterocycles. The molecule has 2 heterocycles. The number of ether oxygens (including phenoxy) is 2. The van der Waals surface area contributed by atoms with Gasteiger partial charge in [0, 0.05) is 18.5 Å². The fourth-order valence-corrected chi connectivity index (χ4v) is 3.54. The predicted molar refractivity (Wildman–Crippen MR) is 98.0 cm³/mol. The van der Waals surface area contributed by atoms with E-state index in [2.05, 4.69) is 27.1 Å². The lowest BCUT2D eigenvalue weighted by molar-refractivity contribution is -0.140. The summed E-state index contributed by atoms with van der Waals surface area (Å²) in [7, 11) is 1.40. The molecule has 0 fully saturated rings. The Morgan fingerprint density at radius 2 is 2.00 bits per heavy atom. The lowest BCUT2D eigenvalue weighted by Crippen LogP contribution is -2.29. The van der Waals surface area contributed by atoms with Crippen LogP contribution in [0.5, 0.6) is 0 Å². The minimum absolute atomic E-state index is 0.0831. The number of carbonyl (C=O) groups excluding carboxylic acids is 1. The molecule has 2 aromatic rings. The van der Waals surface area contributed by atoms with Gasteiger partial charge in [-0.3, -0.25) is 14.7 Å². The van der Waals surface area contributed by atoms with Gasteiger partial charge < -0.3 is 14.6 Å². The van der Waals surface area contributed by atoms with E-state index in [1.54, 1.807) is 0 Å². The number of carbonyl (C=O) groups is 1. The Balaban J connectivity index is 1.59. The molecule has 1 aromatic carbocycles. The summed E-state index contributed by atoms with van der Waals surface area (Å²) in [5.41, 5.74) is 2.87. The van der Waals surface area contributed by atoms with Crippen molar-refractivity contribution in [2.75, 3.05) is 7.11 Å². The van der Waals surface area contributed by atoms with Gasteiger partial charge in [-0.15, -0.1) is 0 Å². The number of unbranched alkanes of at least 4 members (excludes halogenated alkanes) is 1. The molecule has 0 amide bonds. The smallest absolute Gasteiger partial charge is 0.305 e. The number of hydrogen-bond acceptors (Lipinski definition) is 4. The summed E-state index contributed by atoms with van der Waals surface area (Å²) in [6.07, 6.45) is 5.13. The second kappa shape index (κ2) is 8.85. The van der Waals surface area contributed by atoms with E-state index in [0.717, 1.165) is 49.8 Å². The fourth-order valence-electron chi connectivity index (χ4n) is 3.54. The third-order valence-electron chi connectivity index (χ3n) is 4.93. The third kappa shape index (κ3) is 4.64. The number of methoxy groups -OCH3 is 1. The van der Waals surface area contributed by atoms with Crippen LogP contribution in [0.15, 0.2) is 35.1 Å². The maximum absolute atomic E-state index is 12.1. The van der Waals surface area contributed by atoms with Gasteiger partial charge in [-0.05, 0) is 37.7 Å². The molecular weight excluding hydrogens is 332 g/mol. The van der Waals surface area contributed by atoms with Gasteiger partial charge in [-0.1, -0.05) is 30.3 Å². The molecule has 0 saturated heterocycles. The zero-order chi connectivity index (χ0) is 18.4. The minimum Gasteiger partial charge on any atom is -0.469 e. The number of aryl methyl sites for hydroxylation is 1. The standard InChI is InChI=1S/C20H26N2O4/c1-25-18(23)10-6-5-9-17-19-16(21-22-20(19)24)13-15(26-17)12-11-14-7-3-2-4-8-14/h2-4,7-8,15,17H,5-6,9-13H2,1H3,(H2,21,22,24)/t15-,17+/m1/s1. The van der Waals surface area contributed by atoms with Gasteiger partial charge in [0.2, 0.25) is 0 Å². The molecule has 2 atom stereocenters. The van der Waals surface area contributed by atoms with E-state index in [4.69, 9.17) is 4.74 Å². The summed E-state index contributed by atoms with van der Waals surface area (Å²) in [6, 6.07) is 10.3. The summed E-state index contributed by atoms with van der Waals surface area (Å²) < 4.78 is 10.9. The number of nitrogens with one attached hydrogen (secondary N) is 2. The number of aromatic nitrogens is 2. The highest BCUT2D eigenvalue weighted by Gasteiger charge is 2.30. The van der Waals surface area contributed by atoms with Crippen LogP contribution in [0.2, 0.25) is 0 Å². The Morgan fingerprint density at radius 1 is 1.19 bits per heavy atom. The zero-order valence-electron chi connectivity index (χ0n) is 15.1. The van der Waals surface area contributed by atoms with Gasteiger partial charge in [0.1, 0.15) is 0 Å². The maximum atomic E-state index is 12.1. The first-order valence-corrected chi connectivity index (χ1v) is 9.23. The minimum atomic E-state index is -0.216. The van der Waals surface area contributed by atoms with Crippen molar-refractivity contribution in [2.24, 2.45) is 0 Å². The van der Waals surface area contributed by atoms with Crippen molar-refractivity contribution in [1.82, 2.24) is 10.2 Å². The van der Waals surface area contributed by atoms with E-state index in [1.807, 2.05) is 18.2 Å². The average molecular weight is 358 g/mol. The molecule has 1 aromatic heterocycles. The van der Waals surface area contributed by atoms with Crippen molar-refractivity contribution in [3.8, 4) is 0 Å². The molecule has 0 spiro atoms. The molecule has 0 radical (unpaired) electrons. The van der Waals surface area contributed by atoms with Crippen molar-refractivity contribution < 1.29 is 14.3 Å². The van der Waals surface area contributed by atoms with Crippen LogP contribution in [0.4, 0.5) is 0 Å². The van der Waals surface area contributed by atoms with Crippen LogP contribution in [-0.4, -0.2) is 29.4 Å². The number of rotatable bonds is 8. The van der Waals surface area contributed by atoms with Crippen molar-refractivity contribution in [3.63, 3.8) is 0 Å². The van der Waals surface area contributed by atoms with E-state index in [1.165, 1.54) is 12.7 Å². The SMILES string of the molecule is COC(=O)CCCC[C@@H]1O[C@H](CCc2ccccc2)Cc2[nH][nH]c(=O)c21. The van der Waals surface area contributed by atoms with Gasteiger partial charge >= 0.3 is 5.97 Å². The summed E-state index contributed by atoms with van der Waals surface area (Å²) in [6.45, 7) is 0.